The van der Waals surface area contributed by atoms with E-state index in [-0.39, 0.29) is 5.69 Å². The molecule has 2 aromatic rings. The van der Waals surface area contributed by atoms with Crippen LogP contribution in [0.25, 0.3) is 0 Å². The number of anilines is 1. The number of amides is 1. The van der Waals surface area contributed by atoms with Crippen LogP contribution in [-0.2, 0) is 6.42 Å². The molecule has 1 aliphatic rings. The van der Waals surface area contributed by atoms with Gasteiger partial charge in [-0.1, -0.05) is 0 Å². The lowest BCUT2D eigenvalue weighted by molar-refractivity contribution is 0.0995. The van der Waals surface area contributed by atoms with Crippen LogP contribution in [0.15, 0.2) is 31.0 Å². The Kier molecular flexibility index (Phi) is 4.22. The molecule has 0 spiro atoms. The van der Waals surface area contributed by atoms with E-state index in [1.165, 1.54) is 6.33 Å². The molecule has 1 saturated heterocycles. The van der Waals surface area contributed by atoms with Gasteiger partial charge in [-0.2, -0.15) is 0 Å². The summed E-state index contributed by atoms with van der Waals surface area (Å²) in [4.78, 5) is 29.9. The molecule has 0 aliphatic carbocycles. The third kappa shape index (κ3) is 3.36. The van der Waals surface area contributed by atoms with E-state index in [4.69, 9.17) is 5.73 Å². The molecule has 0 unspecified atom stereocenters. The Morgan fingerprint density at radius 2 is 2.23 bits per heavy atom. The van der Waals surface area contributed by atoms with Crippen molar-refractivity contribution in [3.8, 4) is 0 Å². The highest BCUT2D eigenvalue weighted by Crippen LogP contribution is 2.23. The summed E-state index contributed by atoms with van der Waals surface area (Å²) in [7, 11) is 0. The topological polar surface area (TPSA) is 97.9 Å². The summed E-state index contributed by atoms with van der Waals surface area (Å²) in [5, 5.41) is 0. The van der Waals surface area contributed by atoms with E-state index in [2.05, 4.69) is 24.8 Å². The lowest BCUT2D eigenvalue weighted by Crippen LogP contribution is -2.36. The van der Waals surface area contributed by atoms with Crippen molar-refractivity contribution in [2.45, 2.75) is 19.3 Å². The van der Waals surface area contributed by atoms with Gasteiger partial charge in [-0.15, -0.1) is 0 Å². The SMILES string of the molecule is NC(=O)c1cc(C[C@H]2CCCN(c3ccncn3)C2)ncn1. The van der Waals surface area contributed by atoms with Gasteiger partial charge in [0.25, 0.3) is 5.91 Å². The quantitative estimate of drug-likeness (QED) is 0.897. The van der Waals surface area contributed by atoms with Crippen LogP contribution >= 0.6 is 0 Å². The second-order valence-electron chi connectivity index (χ2n) is 5.48. The number of nitrogens with zero attached hydrogens (tertiary/aromatic N) is 5. The van der Waals surface area contributed by atoms with Gasteiger partial charge >= 0.3 is 0 Å². The lowest BCUT2D eigenvalue weighted by atomic mass is 9.93. The van der Waals surface area contributed by atoms with E-state index in [0.29, 0.717) is 5.92 Å². The maximum absolute atomic E-state index is 11.2. The fourth-order valence-electron chi connectivity index (χ4n) is 2.85. The maximum atomic E-state index is 11.2. The van der Waals surface area contributed by atoms with Crippen molar-refractivity contribution in [2.75, 3.05) is 18.0 Å². The summed E-state index contributed by atoms with van der Waals surface area (Å²) in [6.07, 6.45) is 7.79. The minimum Gasteiger partial charge on any atom is -0.364 e. The number of nitrogens with two attached hydrogens (primary N) is 1. The van der Waals surface area contributed by atoms with Gasteiger partial charge in [-0.3, -0.25) is 4.79 Å². The van der Waals surface area contributed by atoms with Crippen molar-refractivity contribution in [1.82, 2.24) is 19.9 Å². The Labute approximate surface area is 128 Å². The Morgan fingerprint density at radius 1 is 1.32 bits per heavy atom. The molecule has 0 bridgehead atoms. The van der Waals surface area contributed by atoms with Crippen molar-refractivity contribution in [3.05, 3.63) is 42.4 Å². The Bertz CT molecular complexity index is 647. The predicted molar refractivity (Wildman–Crippen MR) is 81.2 cm³/mol. The minimum absolute atomic E-state index is 0.272. The average Bonchev–Trinajstić information content (AvgIpc) is 2.56. The van der Waals surface area contributed by atoms with Crippen LogP contribution in [0, 0.1) is 5.92 Å². The molecule has 1 aliphatic heterocycles. The van der Waals surface area contributed by atoms with Crippen LogP contribution in [0.5, 0.6) is 0 Å². The van der Waals surface area contributed by atoms with Crippen molar-refractivity contribution in [2.24, 2.45) is 11.7 Å². The van der Waals surface area contributed by atoms with E-state index in [9.17, 15) is 4.79 Å². The third-order valence-corrected chi connectivity index (χ3v) is 3.88. The van der Waals surface area contributed by atoms with Crippen LogP contribution < -0.4 is 10.6 Å². The van der Waals surface area contributed by atoms with Gasteiger partial charge in [0.15, 0.2) is 0 Å². The summed E-state index contributed by atoms with van der Waals surface area (Å²) < 4.78 is 0. The second-order valence-corrected chi connectivity index (χ2v) is 5.48. The van der Waals surface area contributed by atoms with Gasteiger partial charge in [0.1, 0.15) is 24.2 Å². The standard InChI is InChI=1S/C15H18N6O/c16-15(22)13-7-12(18-10-19-13)6-11-2-1-5-21(8-11)14-3-4-17-9-20-14/h3-4,7,9-11H,1-2,5-6,8H2,(H2,16,22)/t11-/m1/s1. The summed E-state index contributed by atoms with van der Waals surface area (Å²) in [5.41, 5.74) is 6.39. The number of carbonyl (C=O) groups excluding carboxylic acids is 1. The van der Waals surface area contributed by atoms with Gasteiger partial charge in [-0.05, 0) is 37.3 Å². The molecule has 1 fully saturated rings. The average molecular weight is 298 g/mol. The summed E-state index contributed by atoms with van der Waals surface area (Å²) in [6.45, 7) is 1.93. The zero-order valence-electron chi connectivity index (χ0n) is 12.2. The smallest absolute Gasteiger partial charge is 0.267 e. The predicted octanol–water partition coefficient (Wildman–Crippen LogP) is 0.825. The first-order valence-corrected chi connectivity index (χ1v) is 7.34. The number of hydrogen-bond donors (Lipinski definition) is 1. The molecular formula is C15H18N6O. The number of aromatic nitrogens is 4. The zero-order valence-corrected chi connectivity index (χ0v) is 12.2. The highest BCUT2D eigenvalue weighted by Gasteiger charge is 2.21. The monoisotopic (exact) mass is 298 g/mol. The lowest BCUT2D eigenvalue weighted by Gasteiger charge is -2.33. The summed E-state index contributed by atoms with van der Waals surface area (Å²) >= 11 is 0. The van der Waals surface area contributed by atoms with Gasteiger partial charge in [-0.25, -0.2) is 19.9 Å². The number of primary amides is 1. The molecule has 7 nitrogen and oxygen atoms in total. The summed E-state index contributed by atoms with van der Waals surface area (Å²) in [5.74, 6) is 0.912. The van der Waals surface area contributed by atoms with Gasteiger partial charge in [0, 0.05) is 25.0 Å². The highest BCUT2D eigenvalue weighted by atomic mass is 16.1. The van der Waals surface area contributed by atoms with Gasteiger partial charge in [0.2, 0.25) is 0 Å². The molecule has 114 valence electrons. The van der Waals surface area contributed by atoms with Crippen LogP contribution in [0.2, 0.25) is 0 Å². The van der Waals surface area contributed by atoms with E-state index in [1.807, 2.05) is 6.07 Å². The first kappa shape index (κ1) is 14.4. The van der Waals surface area contributed by atoms with Gasteiger partial charge in [0.05, 0.1) is 0 Å². The number of hydrogen-bond acceptors (Lipinski definition) is 6. The Balaban J connectivity index is 1.68. The molecule has 1 amide bonds. The zero-order chi connectivity index (χ0) is 15.4. The largest absolute Gasteiger partial charge is 0.364 e. The van der Waals surface area contributed by atoms with E-state index >= 15 is 0 Å². The number of piperidine rings is 1. The van der Waals surface area contributed by atoms with Crippen LogP contribution in [-0.4, -0.2) is 38.9 Å². The molecular weight excluding hydrogens is 280 g/mol. The van der Waals surface area contributed by atoms with Crippen molar-refractivity contribution >= 4 is 11.7 Å². The van der Waals surface area contributed by atoms with E-state index in [1.54, 1.807) is 18.6 Å². The fourth-order valence-corrected chi connectivity index (χ4v) is 2.85. The molecule has 3 rings (SSSR count). The molecule has 7 heteroatoms. The highest BCUT2D eigenvalue weighted by molar-refractivity contribution is 5.90. The minimum atomic E-state index is -0.519. The molecule has 22 heavy (non-hydrogen) atoms. The van der Waals surface area contributed by atoms with Crippen molar-refractivity contribution < 1.29 is 4.79 Å². The van der Waals surface area contributed by atoms with Crippen molar-refractivity contribution in [1.29, 1.82) is 0 Å². The first-order valence-electron chi connectivity index (χ1n) is 7.34. The van der Waals surface area contributed by atoms with Gasteiger partial charge < -0.3 is 10.6 Å². The fraction of sp³-hybridized carbons (Fsp3) is 0.400. The maximum Gasteiger partial charge on any atom is 0.267 e. The Morgan fingerprint density at radius 3 is 3.00 bits per heavy atom. The molecule has 0 radical (unpaired) electrons. The molecule has 2 N–H and O–H groups in total. The molecule has 0 saturated carbocycles. The second kappa shape index (κ2) is 6.46. The van der Waals surface area contributed by atoms with Crippen LogP contribution in [0.4, 0.5) is 5.82 Å². The number of carbonyl (C=O) groups is 1. The van der Waals surface area contributed by atoms with Crippen molar-refractivity contribution in [3.63, 3.8) is 0 Å². The summed E-state index contributed by atoms with van der Waals surface area (Å²) in [6, 6.07) is 3.62. The van der Waals surface area contributed by atoms with E-state index in [0.717, 1.165) is 43.9 Å². The van der Waals surface area contributed by atoms with Crippen LogP contribution in [0.1, 0.15) is 29.0 Å². The first-order chi connectivity index (χ1) is 10.7. The third-order valence-electron chi connectivity index (χ3n) is 3.88. The normalized spacial score (nSPS) is 18.2. The number of rotatable bonds is 4. The van der Waals surface area contributed by atoms with E-state index < -0.39 is 5.91 Å². The van der Waals surface area contributed by atoms with Crippen LogP contribution in [0.3, 0.4) is 0 Å². The molecule has 1 atom stereocenters. The molecule has 0 aromatic carbocycles. The molecule has 3 heterocycles. The molecule has 2 aromatic heterocycles. The Hall–Kier alpha value is -2.57.